The molecule has 20 heavy (non-hydrogen) atoms. The van der Waals surface area contributed by atoms with Crippen molar-refractivity contribution in [1.29, 1.82) is 0 Å². The van der Waals surface area contributed by atoms with Gasteiger partial charge in [0.15, 0.2) is 5.82 Å². The van der Waals surface area contributed by atoms with Crippen LogP contribution in [0.25, 0.3) is 0 Å². The number of rotatable bonds is 4. The Morgan fingerprint density at radius 2 is 2.20 bits per heavy atom. The number of aromatic nitrogens is 2. The van der Waals surface area contributed by atoms with Crippen molar-refractivity contribution < 1.29 is 18.0 Å². The predicted octanol–water partition coefficient (Wildman–Crippen LogP) is 3.84. The summed E-state index contributed by atoms with van der Waals surface area (Å²) < 4.78 is 40.1. The molecule has 2 rings (SSSR count). The first-order chi connectivity index (χ1) is 9.43. The van der Waals surface area contributed by atoms with Crippen LogP contribution < -0.4 is 0 Å². The summed E-state index contributed by atoms with van der Waals surface area (Å²) in [5.74, 6) is -1.83. The molecule has 0 aliphatic heterocycles. The van der Waals surface area contributed by atoms with E-state index < -0.39 is 18.0 Å². The lowest BCUT2D eigenvalue weighted by Crippen LogP contribution is -2.32. The summed E-state index contributed by atoms with van der Waals surface area (Å²) in [5.41, 5.74) is 0. The lowest BCUT2D eigenvalue weighted by Gasteiger charge is -2.29. The monoisotopic (exact) mass is 288 g/mol. The van der Waals surface area contributed by atoms with E-state index in [9.17, 15) is 18.0 Å². The van der Waals surface area contributed by atoms with E-state index in [2.05, 4.69) is 4.98 Å². The first-order valence-electron chi connectivity index (χ1n) is 7.05. The number of hydrogen-bond acceptors (Lipinski definition) is 2. The molecule has 0 amide bonds. The van der Waals surface area contributed by atoms with Gasteiger partial charge < -0.3 is 4.57 Å². The number of imidazole rings is 1. The van der Waals surface area contributed by atoms with Crippen LogP contribution in [0.3, 0.4) is 0 Å². The predicted molar refractivity (Wildman–Crippen MR) is 68.4 cm³/mol. The van der Waals surface area contributed by atoms with E-state index in [1.54, 1.807) is 10.8 Å². The maximum absolute atomic E-state index is 12.8. The number of hydrogen-bond donors (Lipinski definition) is 0. The van der Waals surface area contributed by atoms with E-state index in [0.717, 1.165) is 6.42 Å². The Morgan fingerprint density at radius 1 is 1.45 bits per heavy atom. The Morgan fingerprint density at radius 3 is 2.85 bits per heavy atom. The van der Waals surface area contributed by atoms with Gasteiger partial charge in [-0.05, 0) is 25.7 Å². The van der Waals surface area contributed by atoms with Gasteiger partial charge in [0.25, 0.3) is 0 Å². The van der Waals surface area contributed by atoms with Crippen molar-refractivity contribution in [2.45, 2.75) is 51.7 Å². The quantitative estimate of drug-likeness (QED) is 0.789. The van der Waals surface area contributed by atoms with Crippen LogP contribution in [0.15, 0.2) is 12.4 Å². The molecule has 1 aliphatic rings. The van der Waals surface area contributed by atoms with Gasteiger partial charge in [-0.25, -0.2) is 4.98 Å². The molecule has 1 aromatic heterocycles. The summed E-state index contributed by atoms with van der Waals surface area (Å²) in [7, 11) is 0. The molecule has 6 heteroatoms. The highest BCUT2D eigenvalue weighted by Gasteiger charge is 2.44. The minimum Gasteiger partial charge on any atom is -0.329 e. The summed E-state index contributed by atoms with van der Waals surface area (Å²) in [6, 6.07) is 0. The third-order valence-corrected chi connectivity index (χ3v) is 3.91. The molecular formula is C14H19F3N2O. The second kappa shape index (κ2) is 5.97. The fraction of sp³-hybridized carbons (Fsp3) is 0.714. The van der Waals surface area contributed by atoms with E-state index in [1.807, 2.05) is 6.92 Å². The van der Waals surface area contributed by atoms with Crippen LogP contribution in [0.5, 0.6) is 0 Å². The molecule has 0 bridgehead atoms. The van der Waals surface area contributed by atoms with Crippen molar-refractivity contribution in [3.05, 3.63) is 18.2 Å². The minimum absolute atomic E-state index is 0.0959. The van der Waals surface area contributed by atoms with Gasteiger partial charge in [0, 0.05) is 24.9 Å². The molecule has 112 valence electrons. The SMILES string of the molecule is CCCn1ccnc1C(=O)C1CCCC(C(F)(F)F)C1. The maximum Gasteiger partial charge on any atom is 0.391 e. The Labute approximate surface area is 116 Å². The molecule has 3 nitrogen and oxygen atoms in total. The maximum atomic E-state index is 12.8. The molecule has 0 spiro atoms. The second-order valence-corrected chi connectivity index (χ2v) is 5.41. The number of nitrogens with zero attached hydrogens (tertiary/aromatic N) is 2. The van der Waals surface area contributed by atoms with Crippen molar-refractivity contribution in [2.24, 2.45) is 11.8 Å². The smallest absolute Gasteiger partial charge is 0.329 e. The lowest BCUT2D eigenvalue weighted by molar-refractivity contribution is -0.184. The summed E-state index contributed by atoms with van der Waals surface area (Å²) >= 11 is 0. The Balaban J connectivity index is 2.10. The zero-order valence-corrected chi connectivity index (χ0v) is 11.5. The molecule has 2 atom stereocenters. The topological polar surface area (TPSA) is 34.9 Å². The van der Waals surface area contributed by atoms with Gasteiger partial charge in [-0.1, -0.05) is 13.3 Å². The van der Waals surface area contributed by atoms with E-state index in [1.165, 1.54) is 6.20 Å². The van der Waals surface area contributed by atoms with Crippen molar-refractivity contribution in [1.82, 2.24) is 9.55 Å². The molecule has 0 N–H and O–H groups in total. The molecule has 1 fully saturated rings. The highest BCUT2D eigenvalue weighted by atomic mass is 19.4. The van der Waals surface area contributed by atoms with E-state index in [0.29, 0.717) is 25.2 Å². The van der Waals surface area contributed by atoms with Crippen LogP contribution in [0.4, 0.5) is 13.2 Å². The summed E-state index contributed by atoms with van der Waals surface area (Å²) in [6.45, 7) is 2.64. The lowest BCUT2D eigenvalue weighted by atomic mass is 9.79. The third-order valence-electron chi connectivity index (χ3n) is 3.91. The molecule has 0 saturated heterocycles. The molecule has 1 aromatic rings. The van der Waals surface area contributed by atoms with Crippen LogP contribution in [-0.4, -0.2) is 21.5 Å². The van der Waals surface area contributed by atoms with Crippen LogP contribution >= 0.6 is 0 Å². The van der Waals surface area contributed by atoms with Gasteiger partial charge in [-0.3, -0.25) is 4.79 Å². The van der Waals surface area contributed by atoms with Crippen molar-refractivity contribution in [2.75, 3.05) is 0 Å². The van der Waals surface area contributed by atoms with E-state index >= 15 is 0 Å². The normalized spacial score (nSPS) is 23.8. The third kappa shape index (κ3) is 3.22. The Bertz CT molecular complexity index is 467. The van der Waals surface area contributed by atoms with Gasteiger partial charge in [-0.2, -0.15) is 13.2 Å². The average molecular weight is 288 g/mol. The molecular weight excluding hydrogens is 269 g/mol. The van der Waals surface area contributed by atoms with Crippen molar-refractivity contribution in [3.8, 4) is 0 Å². The second-order valence-electron chi connectivity index (χ2n) is 5.41. The van der Waals surface area contributed by atoms with E-state index in [-0.39, 0.29) is 18.6 Å². The van der Waals surface area contributed by atoms with Crippen LogP contribution in [0.2, 0.25) is 0 Å². The van der Waals surface area contributed by atoms with Crippen molar-refractivity contribution >= 4 is 5.78 Å². The van der Waals surface area contributed by atoms with Crippen molar-refractivity contribution in [3.63, 3.8) is 0 Å². The average Bonchev–Trinajstić information content (AvgIpc) is 2.86. The number of ketones is 1. The van der Waals surface area contributed by atoms with Gasteiger partial charge in [0.1, 0.15) is 0 Å². The zero-order chi connectivity index (χ0) is 14.8. The molecule has 1 heterocycles. The number of carbonyl (C=O) groups excluding carboxylic acids is 1. The first kappa shape index (κ1) is 15.1. The highest BCUT2D eigenvalue weighted by molar-refractivity contribution is 5.94. The largest absolute Gasteiger partial charge is 0.391 e. The number of alkyl halides is 3. The zero-order valence-electron chi connectivity index (χ0n) is 11.5. The Hall–Kier alpha value is -1.33. The first-order valence-corrected chi connectivity index (χ1v) is 7.05. The Kier molecular flexibility index (Phi) is 4.50. The number of aryl methyl sites for hydroxylation is 1. The minimum atomic E-state index is -4.20. The fourth-order valence-corrected chi connectivity index (χ4v) is 2.86. The molecule has 1 aliphatic carbocycles. The van der Waals surface area contributed by atoms with Gasteiger partial charge in [-0.15, -0.1) is 0 Å². The highest BCUT2D eigenvalue weighted by Crippen LogP contribution is 2.40. The summed E-state index contributed by atoms with van der Waals surface area (Å²) in [5, 5.41) is 0. The van der Waals surface area contributed by atoms with Crippen LogP contribution in [-0.2, 0) is 6.54 Å². The van der Waals surface area contributed by atoms with Crippen LogP contribution in [0.1, 0.15) is 49.6 Å². The fourth-order valence-electron chi connectivity index (χ4n) is 2.86. The number of carbonyl (C=O) groups is 1. The van der Waals surface area contributed by atoms with Gasteiger partial charge in [0.05, 0.1) is 5.92 Å². The molecule has 2 unspecified atom stereocenters. The number of halogens is 3. The molecule has 1 saturated carbocycles. The standard InChI is InChI=1S/C14H19F3N2O/c1-2-7-19-8-6-18-13(19)12(20)10-4-3-5-11(9-10)14(15,16)17/h6,8,10-11H,2-5,7,9H2,1H3. The molecule has 0 radical (unpaired) electrons. The summed E-state index contributed by atoms with van der Waals surface area (Å²) in [4.78, 5) is 16.4. The number of Topliss-reactive ketones (excluding diaryl/α,β-unsaturated/α-hetero) is 1. The molecule has 0 aromatic carbocycles. The van der Waals surface area contributed by atoms with Gasteiger partial charge in [0.2, 0.25) is 5.78 Å². The van der Waals surface area contributed by atoms with E-state index in [4.69, 9.17) is 0 Å². The summed E-state index contributed by atoms with van der Waals surface area (Å²) in [6.07, 6.45) is 0.926. The van der Waals surface area contributed by atoms with Gasteiger partial charge >= 0.3 is 6.18 Å². The van der Waals surface area contributed by atoms with Crippen LogP contribution in [0, 0.1) is 11.8 Å².